The highest BCUT2D eigenvalue weighted by Crippen LogP contribution is 2.30. The van der Waals surface area contributed by atoms with E-state index in [1.54, 1.807) is 0 Å². The molecule has 0 aromatic carbocycles. The van der Waals surface area contributed by atoms with Gasteiger partial charge in [-0.3, -0.25) is 9.59 Å². The van der Waals surface area contributed by atoms with Crippen LogP contribution >= 0.6 is 0 Å². The van der Waals surface area contributed by atoms with E-state index in [1.165, 1.54) is 6.92 Å². The van der Waals surface area contributed by atoms with Crippen LogP contribution < -0.4 is 11.5 Å². The Labute approximate surface area is 115 Å². The summed E-state index contributed by atoms with van der Waals surface area (Å²) >= 11 is 0. The van der Waals surface area contributed by atoms with Crippen LogP contribution in [0.15, 0.2) is 0 Å². The van der Waals surface area contributed by atoms with Gasteiger partial charge in [-0.2, -0.15) is 0 Å². The molecule has 1 atom stereocenters. The number of nitrogens with zero attached hydrogens (tertiary/aromatic N) is 2. The number of carboxylic acid groups (broad SMARTS) is 1. The summed E-state index contributed by atoms with van der Waals surface area (Å²) < 4.78 is 0. The third-order valence-corrected chi connectivity index (χ3v) is 3.30. The smallest absolute Gasteiger partial charge is 0.329 e. The molecular formula is C11H18N4O5. The molecule has 0 saturated carbocycles. The summed E-state index contributed by atoms with van der Waals surface area (Å²) in [5.74, 6) is -2.76. The summed E-state index contributed by atoms with van der Waals surface area (Å²) in [4.78, 5) is 47.5. The molecule has 0 radical (unpaired) electrons. The maximum absolute atomic E-state index is 12.3. The Balaban J connectivity index is 2.96. The molecule has 1 aliphatic heterocycles. The van der Waals surface area contributed by atoms with Gasteiger partial charge in [0, 0.05) is 6.54 Å². The number of rotatable bonds is 5. The third-order valence-electron chi connectivity index (χ3n) is 3.30. The van der Waals surface area contributed by atoms with Crippen LogP contribution in [0.4, 0.5) is 4.79 Å². The van der Waals surface area contributed by atoms with Crippen molar-refractivity contribution < 1.29 is 24.3 Å². The Kier molecular flexibility index (Phi) is 4.53. The first-order chi connectivity index (χ1) is 9.18. The molecule has 9 heteroatoms. The van der Waals surface area contributed by atoms with Crippen LogP contribution in [0.2, 0.25) is 0 Å². The van der Waals surface area contributed by atoms with Crippen LogP contribution in [0.25, 0.3) is 0 Å². The number of urea groups is 1. The first-order valence-corrected chi connectivity index (χ1v) is 6.05. The molecule has 0 bridgehead atoms. The number of carboxylic acids is 1. The highest BCUT2D eigenvalue weighted by molar-refractivity contribution is 5.91. The molecular weight excluding hydrogens is 268 g/mol. The van der Waals surface area contributed by atoms with Crippen molar-refractivity contribution in [1.29, 1.82) is 0 Å². The van der Waals surface area contributed by atoms with Crippen molar-refractivity contribution in [3.8, 4) is 0 Å². The Morgan fingerprint density at radius 3 is 2.10 bits per heavy atom. The van der Waals surface area contributed by atoms with E-state index in [1.807, 2.05) is 0 Å². The van der Waals surface area contributed by atoms with E-state index < -0.39 is 42.4 Å². The number of amides is 4. The lowest BCUT2D eigenvalue weighted by molar-refractivity contribution is -0.147. The van der Waals surface area contributed by atoms with Crippen molar-refractivity contribution in [2.45, 2.75) is 25.3 Å². The second kappa shape index (κ2) is 5.76. The first kappa shape index (κ1) is 15.7. The average molecular weight is 286 g/mol. The molecule has 112 valence electrons. The summed E-state index contributed by atoms with van der Waals surface area (Å²) in [7, 11) is 0. The molecule has 4 amide bonds. The molecule has 1 aliphatic rings. The molecule has 0 aromatic heterocycles. The summed E-state index contributed by atoms with van der Waals surface area (Å²) in [6.45, 7) is 0.671. The largest absolute Gasteiger partial charge is 0.480 e. The van der Waals surface area contributed by atoms with Crippen LogP contribution in [0.1, 0.15) is 19.8 Å². The van der Waals surface area contributed by atoms with Crippen LogP contribution in [-0.2, 0) is 14.4 Å². The molecule has 1 rings (SSSR count). The van der Waals surface area contributed by atoms with Gasteiger partial charge in [0.1, 0.15) is 18.6 Å². The van der Waals surface area contributed by atoms with Crippen LogP contribution in [0, 0.1) is 0 Å². The molecule has 0 aromatic rings. The first-order valence-electron chi connectivity index (χ1n) is 6.05. The average Bonchev–Trinajstić information content (AvgIpc) is 2.69. The van der Waals surface area contributed by atoms with Crippen molar-refractivity contribution in [1.82, 2.24) is 9.80 Å². The van der Waals surface area contributed by atoms with Gasteiger partial charge in [-0.05, 0) is 19.8 Å². The molecule has 1 saturated heterocycles. The summed E-state index contributed by atoms with van der Waals surface area (Å²) in [6.07, 6.45) is 0.824. The predicted molar refractivity (Wildman–Crippen MR) is 67.3 cm³/mol. The number of carbonyl (C=O) groups excluding carboxylic acids is 3. The van der Waals surface area contributed by atoms with Gasteiger partial charge >= 0.3 is 12.0 Å². The lowest BCUT2D eigenvalue weighted by atomic mass is 10.00. The van der Waals surface area contributed by atoms with Gasteiger partial charge in [0.25, 0.3) is 0 Å². The van der Waals surface area contributed by atoms with Gasteiger partial charge in [-0.15, -0.1) is 0 Å². The Hall–Kier alpha value is -2.32. The van der Waals surface area contributed by atoms with Gasteiger partial charge in [-0.25, -0.2) is 9.59 Å². The fourth-order valence-electron chi connectivity index (χ4n) is 2.23. The van der Waals surface area contributed by atoms with Gasteiger partial charge in [-0.1, -0.05) is 0 Å². The van der Waals surface area contributed by atoms with Gasteiger partial charge in [0.2, 0.25) is 11.8 Å². The zero-order valence-corrected chi connectivity index (χ0v) is 11.2. The molecule has 1 unspecified atom stereocenters. The van der Waals surface area contributed by atoms with Gasteiger partial charge < -0.3 is 26.4 Å². The second-order valence-corrected chi connectivity index (χ2v) is 4.91. The van der Waals surface area contributed by atoms with E-state index in [-0.39, 0.29) is 6.54 Å². The number of likely N-dealkylation sites (tertiary alicyclic amines) is 1. The van der Waals surface area contributed by atoms with E-state index in [9.17, 15) is 24.3 Å². The van der Waals surface area contributed by atoms with Crippen LogP contribution in [0.5, 0.6) is 0 Å². The zero-order chi connectivity index (χ0) is 15.5. The van der Waals surface area contributed by atoms with Crippen molar-refractivity contribution in [2.24, 2.45) is 11.5 Å². The maximum atomic E-state index is 12.3. The normalized spacial score (nSPS) is 21.6. The fourth-order valence-corrected chi connectivity index (χ4v) is 2.23. The molecule has 0 spiro atoms. The topological polar surface area (TPSA) is 147 Å². The molecule has 9 nitrogen and oxygen atoms in total. The minimum absolute atomic E-state index is 0.232. The highest BCUT2D eigenvalue weighted by atomic mass is 16.4. The summed E-state index contributed by atoms with van der Waals surface area (Å²) in [5, 5.41) is 9.24. The zero-order valence-electron chi connectivity index (χ0n) is 11.2. The number of nitrogens with two attached hydrogens (primary N) is 2. The van der Waals surface area contributed by atoms with E-state index in [4.69, 9.17) is 11.5 Å². The van der Waals surface area contributed by atoms with Crippen molar-refractivity contribution in [3.63, 3.8) is 0 Å². The SMILES string of the molecule is CC1(C(=O)O)CCCN1C(=O)N(CC(N)=O)CC(N)=O. The van der Waals surface area contributed by atoms with Crippen LogP contribution in [-0.4, -0.2) is 63.9 Å². The number of carbonyl (C=O) groups is 4. The summed E-state index contributed by atoms with van der Waals surface area (Å²) in [6, 6.07) is -0.731. The van der Waals surface area contributed by atoms with E-state index >= 15 is 0 Å². The fraction of sp³-hybridized carbons (Fsp3) is 0.636. The molecule has 5 N–H and O–H groups in total. The number of primary amides is 2. The summed E-state index contributed by atoms with van der Waals surface area (Å²) in [5.41, 5.74) is 8.67. The molecule has 1 heterocycles. The third kappa shape index (κ3) is 3.16. The molecule has 1 fully saturated rings. The van der Waals surface area contributed by atoms with Gasteiger partial charge in [0.15, 0.2) is 0 Å². The minimum Gasteiger partial charge on any atom is -0.480 e. The van der Waals surface area contributed by atoms with Gasteiger partial charge in [0.05, 0.1) is 0 Å². The number of hydrogen-bond acceptors (Lipinski definition) is 4. The monoisotopic (exact) mass is 286 g/mol. The Morgan fingerprint density at radius 2 is 1.70 bits per heavy atom. The lowest BCUT2D eigenvalue weighted by Gasteiger charge is -2.35. The number of hydrogen-bond donors (Lipinski definition) is 3. The Morgan fingerprint density at radius 1 is 1.20 bits per heavy atom. The molecule has 0 aliphatic carbocycles. The minimum atomic E-state index is -1.36. The number of aliphatic carboxylic acids is 1. The Bertz CT molecular complexity index is 436. The molecule has 20 heavy (non-hydrogen) atoms. The van der Waals surface area contributed by atoms with E-state index in [2.05, 4.69) is 0 Å². The van der Waals surface area contributed by atoms with Crippen molar-refractivity contribution >= 4 is 23.8 Å². The lowest BCUT2D eigenvalue weighted by Crippen LogP contribution is -2.57. The maximum Gasteiger partial charge on any atom is 0.329 e. The standard InChI is InChI=1S/C11H18N4O5/c1-11(9(18)19)3-2-4-15(11)10(20)14(5-7(12)16)6-8(13)17/h2-6H2,1H3,(H2,12,16)(H2,13,17)(H,18,19). The van der Waals surface area contributed by atoms with E-state index in [0.717, 1.165) is 9.80 Å². The second-order valence-electron chi connectivity index (χ2n) is 4.91. The van der Waals surface area contributed by atoms with E-state index in [0.29, 0.717) is 12.8 Å². The quantitative estimate of drug-likeness (QED) is 0.552. The predicted octanol–water partition coefficient (Wildman–Crippen LogP) is -1.68. The van der Waals surface area contributed by atoms with Crippen molar-refractivity contribution in [2.75, 3.05) is 19.6 Å². The van der Waals surface area contributed by atoms with Crippen molar-refractivity contribution in [3.05, 3.63) is 0 Å². The highest BCUT2D eigenvalue weighted by Gasteiger charge is 2.47. The van der Waals surface area contributed by atoms with Crippen LogP contribution in [0.3, 0.4) is 0 Å².